The van der Waals surface area contributed by atoms with Crippen molar-refractivity contribution in [1.82, 2.24) is 10.2 Å². The molecule has 3 rings (SSSR count). The molecule has 0 unspecified atom stereocenters. The van der Waals surface area contributed by atoms with Crippen LogP contribution < -0.4 is 9.62 Å². The third-order valence-corrected chi connectivity index (χ3v) is 8.51. The van der Waals surface area contributed by atoms with Gasteiger partial charge in [0.2, 0.25) is 11.8 Å². The minimum absolute atomic E-state index is 0.0477. The van der Waals surface area contributed by atoms with Crippen LogP contribution in [0.3, 0.4) is 0 Å². The van der Waals surface area contributed by atoms with E-state index in [0.717, 1.165) is 15.4 Å². The third-order valence-electron chi connectivity index (χ3n) is 6.01. The van der Waals surface area contributed by atoms with Gasteiger partial charge in [-0.1, -0.05) is 64.7 Å². The Kier molecular flexibility index (Phi) is 9.23. The number of hydrogen-bond acceptors (Lipinski definition) is 4. The standard InChI is InChI=1S/C27H29Cl2N3O4S/c1-18-8-12-21(13-9-18)32(37(35,36)22-14-10-19(2)11-15-22)17-26(33)31(20(3)27(34)30-4)16-23-24(28)6-5-7-25(23)29/h5-15,20H,16-17H2,1-4H3,(H,30,34)/t20-/m0/s1. The van der Waals surface area contributed by atoms with Crippen molar-refractivity contribution in [3.05, 3.63) is 93.5 Å². The highest BCUT2D eigenvalue weighted by atomic mass is 35.5. The number of nitrogens with zero attached hydrogens (tertiary/aromatic N) is 2. The summed E-state index contributed by atoms with van der Waals surface area (Å²) in [5.74, 6) is -1.01. The first-order valence-electron chi connectivity index (χ1n) is 11.6. The van der Waals surface area contributed by atoms with Gasteiger partial charge in [-0.2, -0.15) is 0 Å². The van der Waals surface area contributed by atoms with E-state index in [2.05, 4.69) is 5.32 Å². The number of carbonyl (C=O) groups is 2. The number of benzene rings is 3. The Bertz CT molecular complexity index is 1360. The predicted octanol–water partition coefficient (Wildman–Crippen LogP) is 4.97. The molecule has 0 heterocycles. The van der Waals surface area contributed by atoms with Crippen molar-refractivity contribution in [2.75, 3.05) is 17.9 Å². The van der Waals surface area contributed by atoms with Crippen molar-refractivity contribution in [2.24, 2.45) is 0 Å². The third kappa shape index (κ3) is 6.63. The van der Waals surface area contributed by atoms with E-state index in [0.29, 0.717) is 21.3 Å². The predicted molar refractivity (Wildman–Crippen MR) is 147 cm³/mol. The zero-order chi connectivity index (χ0) is 27.3. The first-order chi connectivity index (χ1) is 17.4. The molecule has 0 saturated heterocycles. The summed E-state index contributed by atoms with van der Waals surface area (Å²) in [5.41, 5.74) is 2.62. The van der Waals surface area contributed by atoms with Gasteiger partial charge in [0.25, 0.3) is 10.0 Å². The van der Waals surface area contributed by atoms with Crippen LogP contribution in [0, 0.1) is 13.8 Å². The molecular formula is C27H29Cl2N3O4S. The smallest absolute Gasteiger partial charge is 0.264 e. The molecule has 0 radical (unpaired) electrons. The summed E-state index contributed by atoms with van der Waals surface area (Å²) in [7, 11) is -2.66. The summed E-state index contributed by atoms with van der Waals surface area (Å²) >= 11 is 12.7. The Hall–Kier alpha value is -3.07. The maximum Gasteiger partial charge on any atom is 0.264 e. The van der Waals surface area contributed by atoms with Gasteiger partial charge in [0.05, 0.1) is 10.6 Å². The number of carbonyl (C=O) groups excluding carboxylic acids is 2. The second-order valence-electron chi connectivity index (χ2n) is 8.67. The lowest BCUT2D eigenvalue weighted by Crippen LogP contribution is -2.50. The van der Waals surface area contributed by atoms with Gasteiger partial charge < -0.3 is 10.2 Å². The van der Waals surface area contributed by atoms with Crippen LogP contribution in [0.2, 0.25) is 10.0 Å². The highest BCUT2D eigenvalue weighted by Gasteiger charge is 2.32. The Morgan fingerprint density at radius 3 is 1.92 bits per heavy atom. The number of halogens is 2. The lowest BCUT2D eigenvalue weighted by Gasteiger charge is -2.32. The summed E-state index contributed by atoms with van der Waals surface area (Å²) in [6.07, 6.45) is 0. The van der Waals surface area contributed by atoms with E-state index in [9.17, 15) is 18.0 Å². The topological polar surface area (TPSA) is 86.8 Å². The maximum atomic E-state index is 13.8. The van der Waals surface area contributed by atoms with Gasteiger partial charge >= 0.3 is 0 Å². The van der Waals surface area contributed by atoms with Crippen LogP contribution in [0.5, 0.6) is 0 Å². The van der Waals surface area contributed by atoms with Crippen molar-refractivity contribution in [1.29, 1.82) is 0 Å². The zero-order valence-corrected chi connectivity index (χ0v) is 23.4. The molecule has 2 amide bonds. The van der Waals surface area contributed by atoms with E-state index in [1.54, 1.807) is 61.5 Å². The summed E-state index contributed by atoms with van der Waals surface area (Å²) in [6, 6.07) is 17.3. The molecule has 196 valence electrons. The van der Waals surface area contributed by atoms with Crippen LogP contribution in [0.25, 0.3) is 0 Å². The SMILES string of the molecule is CNC(=O)[C@H](C)N(Cc1c(Cl)cccc1Cl)C(=O)CN(c1ccc(C)cc1)S(=O)(=O)c1ccc(C)cc1. The minimum Gasteiger partial charge on any atom is -0.357 e. The molecule has 0 saturated carbocycles. The number of sulfonamides is 1. The van der Waals surface area contributed by atoms with Crippen LogP contribution in [0.4, 0.5) is 5.69 Å². The highest BCUT2D eigenvalue weighted by molar-refractivity contribution is 7.92. The number of nitrogens with one attached hydrogen (secondary N) is 1. The van der Waals surface area contributed by atoms with E-state index in [4.69, 9.17) is 23.2 Å². The van der Waals surface area contributed by atoms with E-state index < -0.39 is 34.4 Å². The molecule has 0 spiro atoms. The minimum atomic E-state index is -4.12. The average Bonchev–Trinajstić information content (AvgIpc) is 2.87. The van der Waals surface area contributed by atoms with Crippen molar-refractivity contribution in [3.8, 4) is 0 Å². The molecule has 3 aromatic carbocycles. The number of rotatable bonds is 9. The first kappa shape index (κ1) is 28.5. The van der Waals surface area contributed by atoms with Gasteiger partial charge in [-0.05, 0) is 57.2 Å². The molecule has 0 aliphatic heterocycles. The van der Waals surface area contributed by atoms with Crippen LogP contribution in [0.1, 0.15) is 23.6 Å². The molecule has 1 N–H and O–H groups in total. The molecule has 0 aromatic heterocycles. The molecule has 7 nitrogen and oxygen atoms in total. The van der Waals surface area contributed by atoms with E-state index in [1.807, 2.05) is 13.8 Å². The first-order valence-corrected chi connectivity index (χ1v) is 13.7. The Morgan fingerprint density at radius 2 is 1.41 bits per heavy atom. The zero-order valence-electron chi connectivity index (χ0n) is 21.0. The summed E-state index contributed by atoms with van der Waals surface area (Å²) in [5, 5.41) is 3.20. The lowest BCUT2D eigenvalue weighted by molar-refractivity contribution is -0.139. The monoisotopic (exact) mass is 561 g/mol. The Labute approximate surface area is 228 Å². The fourth-order valence-electron chi connectivity index (χ4n) is 3.72. The summed E-state index contributed by atoms with van der Waals surface area (Å²) in [4.78, 5) is 27.7. The fraction of sp³-hybridized carbons (Fsp3) is 0.259. The number of amides is 2. The highest BCUT2D eigenvalue weighted by Crippen LogP contribution is 2.28. The van der Waals surface area contributed by atoms with Gasteiger partial charge in [0, 0.05) is 29.2 Å². The van der Waals surface area contributed by atoms with Crippen molar-refractivity contribution < 1.29 is 18.0 Å². The molecule has 1 atom stereocenters. The summed E-state index contributed by atoms with van der Waals surface area (Å²) in [6.45, 7) is 4.68. The molecule has 0 aliphatic rings. The number of likely N-dealkylation sites (N-methyl/N-ethyl adjacent to an activating group) is 1. The Morgan fingerprint density at radius 1 is 0.892 bits per heavy atom. The lowest BCUT2D eigenvalue weighted by atomic mass is 10.1. The maximum absolute atomic E-state index is 13.8. The second kappa shape index (κ2) is 12.0. The van der Waals surface area contributed by atoms with Crippen LogP contribution >= 0.6 is 23.2 Å². The molecule has 10 heteroatoms. The van der Waals surface area contributed by atoms with Crippen molar-refractivity contribution in [3.63, 3.8) is 0 Å². The van der Waals surface area contributed by atoms with Crippen LogP contribution in [-0.4, -0.2) is 44.8 Å². The second-order valence-corrected chi connectivity index (χ2v) is 11.3. The largest absolute Gasteiger partial charge is 0.357 e. The molecule has 37 heavy (non-hydrogen) atoms. The van der Waals surface area contributed by atoms with Gasteiger partial charge in [0.1, 0.15) is 12.6 Å². The summed E-state index contributed by atoms with van der Waals surface area (Å²) < 4.78 is 28.5. The van der Waals surface area contributed by atoms with Crippen molar-refractivity contribution >= 4 is 50.7 Å². The quantitative estimate of drug-likeness (QED) is 0.399. The van der Waals surface area contributed by atoms with Gasteiger partial charge in [-0.3, -0.25) is 13.9 Å². The van der Waals surface area contributed by atoms with E-state index in [-0.39, 0.29) is 11.4 Å². The van der Waals surface area contributed by atoms with Crippen LogP contribution in [0.15, 0.2) is 71.6 Å². The van der Waals surface area contributed by atoms with Gasteiger partial charge in [0.15, 0.2) is 0 Å². The Balaban J connectivity index is 2.06. The number of anilines is 1. The average molecular weight is 563 g/mol. The normalized spacial score (nSPS) is 12.1. The number of aryl methyl sites for hydroxylation is 2. The molecule has 3 aromatic rings. The molecule has 0 aliphatic carbocycles. The molecular weight excluding hydrogens is 533 g/mol. The van der Waals surface area contributed by atoms with Crippen molar-refractivity contribution in [2.45, 2.75) is 38.3 Å². The molecule has 0 fully saturated rings. The van der Waals surface area contributed by atoms with E-state index >= 15 is 0 Å². The fourth-order valence-corrected chi connectivity index (χ4v) is 5.65. The van der Waals surface area contributed by atoms with Crippen LogP contribution in [-0.2, 0) is 26.2 Å². The van der Waals surface area contributed by atoms with Gasteiger partial charge in [-0.15, -0.1) is 0 Å². The number of hydrogen-bond donors (Lipinski definition) is 1. The molecule has 0 bridgehead atoms. The van der Waals surface area contributed by atoms with Gasteiger partial charge in [-0.25, -0.2) is 8.42 Å². The van der Waals surface area contributed by atoms with E-state index in [1.165, 1.54) is 24.1 Å².